The summed E-state index contributed by atoms with van der Waals surface area (Å²) in [7, 11) is -4.75. The molecule has 0 saturated carbocycles. The van der Waals surface area contributed by atoms with Gasteiger partial charge in [-0.15, -0.1) is 0 Å². The molecule has 2 heterocycles. The Morgan fingerprint density at radius 1 is 1.07 bits per heavy atom. The molecule has 0 spiro atoms. The third-order valence-electron chi connectivity index (χ3n) is 7.73. The molecule has 0 aromatic heterocycles. The molecule has 4 rings (SSSR count). The van der Waals surface area contributed by atoms with Gasteiger partial charge in [0.15, 0.2) is 6.80 Å². The number of nitrogens with one attached hydrogen (secondary N) is 2. The van der Waals surface area contributed by atoms with E-state index in [2.05, 4.69) is 5.32 Å². The number of aryl methyl sites for hydroxylation is 1. The molecule has 1 unspecified atom stereocenters. The van der Waals surface area contributed by atoms with Gasteiger partial charge in [0.25, 0.3) is 21.5 Å². The van der Waals surface area contributed by atoms with Crippen LogP contribution in [0.1, 0.15) is 30.9 Å². The summed E-state index contributed by atoms with van der Waals surface area (Å²) in [6.45, 7) is -0.819. The molecular formula is C26H24F8N4O6S. The van der Waals surface area contributed by atoms with Crippen molar-refractivity contribution in [2.75, 3.05) is 17.6 Å². The maximum Gasteiger partial charge on any atom is 0.430 e. The van der Waals surface area contributed by atoms with E-state index >= 15 is 0 Å². The quantitative estimate of drug-likeness (QED) is 0.224. The van der Waals surface area contributed by atoms with Crippen molar-refractivity contribution in [2.45, 2.75) is 60.6 Å². The number of hydrogen-bond donors (Lipinski definition) is 3. The molecule has 45 heavy (non-hydrogen) atoms. The van der Waals surface area contributed by atoms with Crippen molar-refractivity contribution in [3.63, 3.8) is 0 Å². The number of urea groups is 1. The van der Waals surface area contributed by atoms with Gasteiger partial charge in [0, 0.05) is 18.5 Å². The smallest absolute Gasteiger partial charge is 0.369 e. The van der Waals surface area contributed by atoms with E-state index in [9.17, 15) is 63.0 Å². The summed E-state index contributed by atoms with van der Waals surface area (Å²) in [5, 5.41) is 14.1. The molecule has 0 radical (unpaired) electrons. The van der Waals surface area contributed by atoms with Crippen molar-refractivity contribution in [3.05, 3.63) is 59.4 Å². The predicted molar refractivity (Wildman–Crippen MR) is 138 cm³/mol. The lowest BCUT2D eigenvalue weighted by atomic mass is 9.87. The summed E-state index contributed by atoms with van der Waals surface area (Å²) < 4.78 is 136. The van der Waals surface area contributed by atoms with Crippen LogP contribution in [-0.4, -0.2) is 73.5 Å². The Labute approximate surface area is 250 Å². The van der Waals surface area contributed by atoms with Gasteiger partial charge >= 0.3 is 18.4 Å². The Hall–Kier alpha value is -4.00. The van der Waals surface area contributed by atoms with Gasteiger partial charge in [0.2, 0.25) is 5.91 Å². The van der Waals surface area contributed by atoms with Crippen LogP contribution in [-0.2, 0) is 31.6 Å². The number of sulfonamides is 1. The van der Waals surface area contributed by atoms with Gasteiger partial charge in [0.05, 0.1) is 16.6 Å². The number of anilines is 1. The average molecular weight is 673 g/mol. The van der Waals surface area contributed by atoms with Crippen LogP contribution in [0.3, 0.4) is 0 Å². The first-order valence-electron chi connectivity index (χ1n) is 12.9. The van der Waals surface area contributed by atoms with Gasteiger partial charge in [-0.2, -0.15) is 26.3 Å². The van der Waals surface area contributed by atoms with Crippen molar-refractivity contribution < 1.29 is 63.0 Å². The number of imide groups is 1. The second-order valence-corrected chi connectivity index (χ2v) is 12.4. The molecule has 1 saturated heterocycles. The molecule has 2 aromatic carbocycles. The second-order valence-electron chi connectivity index (χ2n) is 10.6. The first-order chi connectivity index (χ1) is 20.7. The molecule has 3 N–H and O–H groups in total. The lowest BCUT2D eigenvalue weighted by molar-refractivity contribution is -0.376. The highest BCUT2D eigenvalue weighted by atomic mass is 32.2. The molecule has 0 aliphatic carbocycles. The van der Waals surface area contributed by atoms with Crippen LogP contribution in [0, 0.1) is 5.82 Å². The SMILES string of the molecule is CC1(CNC(=O)C[C@@H]2CCc3cc(C(O)(C(F)(F)F)C(F)(F)F)ccc3N2S(=O)(=O)c2ccc(F)cc2)C(=O)NC(=O)N1CF. The maximum atomic E-state index is 13.8. The molecule has 19 heteroatoms. The molecule has 1 fully saturated rings. The van der Waals surface area contributed by atoms with E-state index in [1.54, 1.807) is 0 Å². The summed E-state index contributed by atoms with van der Waals surface area (Å²) in [6.07, 6.45) is -13.7. The van der Waals surface area contributed by atoms with E-state index in [0.29, 0.717) is 21.3 Å². The number of rotatable bonds is 8. The second kappa shape index (κ2) is 11.4. The summed E-state index contributed by atoms with van der Waals surface area (Å²) in [6, 6.07) is 2.21. The number of nitrogens with zero attached hydrogens (tertiary/aromatic N) is 2. The fraction of sp³-hybridized carbons (Fsp3) is 0.423. The average Bonchev–Trinajstić information content (AvgIpc) is 3.16. The monoisotopic (exact) mass is 672 g/mol. The number of benzene rings is 2. The van der Waals surface area contributed by atoms with Crippen LogP contribution >= 0.6 is 0 Å². The molecule has 0 bridgehead atoms. The fourth-order valence-corrected chi connectivity index (χ4v) is 6.86. The van der Waals surface area contributed by atoms with Crippen LogP contribution in [0.15, 0.2) is 47.4 Å². The predicted octanol–water partition coefficient (Wildman–Crippen LogP) is 3.39. The van der Waals surface area contributed by atoms with E-state index in [4.69, 9.17) is 0 Å². The summed E-state index contributed by atoms with van der Waals surface area (Å²) in [4.78, 5) is 37.0. The summed E-state index contributed by atoms with van der Waals surface area (Å²) in [5.74, 6) is -2.65. The van der Waals surface area contributed by atoms with Crippen LogP contribution in [0.2, 0.25) is 0 Å². The zero-order chi connectivity index (χ0) is 33.8. The Bertz CT molecular complexity index is 1600. The van der Waals surface area contributed by atoms with Gasteiger partial charge in [-0.05, 0) is 55.7 Å². The van der Waals surface area contributed by atoms with Crippen molar-refractivity contribution in [2.24, 2.45) is 0 Å². The van der Waals surface area contributed by atoms with E-state index < -0.39 is 99.1 Å². The number of carbonyl (C=O) groups is 3. The Morgan fingerprint density at radius 3 is 2.22 bits per heavy atom. The zero-order valence-corrected chi connectivity index (χ0v) is 23.8. The number of carbonyl (C=O) groups excluding carboxylic acids is 3. The molecule has 2 atom stereocenters. The Balaban J connectivity index is 1.72. The molecular weight excluding hydrogens is 648 g/mol. The van der Waals surface area contributed by atoms with Gasteiger partial charge in [0.1, 0.15) is 11.4 Å². The molecule has 2 aliphatic rings. The first kappa shape index (κ1) is 33.9. The van der Waals surface area contributed by atoms with Gasteiger partial charge in [-0.25, -0.2) is 22.0 Å². The van der Waals surface area contributed by atoms with Crippen LogP contribution < -0.4 is 14.9 Å². The van der Waals surface area contributed by atoms with E-state index in [1.165, 1.54) is 0 Å². The topological polar surface area (TPSA) is 136 Å². The third-order valence-corrected chi connectivity index (χ3v) is 9.61. The van der Waals surface area contributed by atoms with Crippen molar-refractivity contribution >= 4 is 33.6 Å². The normalized spacial score (nSPS) is 21.1. The van der Waals surface area contributed by atoms with Crippen LogP contribution in [0.5, 0.6) is 0 Å². The lowest BCUT2D eigenvalue weighted by Gasteiger charge is -2.39. The third kappa shape index (κ3) is 5.78. The number of fused-ring (bicyclic) bond motifs is 1. The minimum Gasteiger partial charge on any atom is -0.369 e. The molecule has 4 amide bonds. The van der Waals surface area contributed by atoms with Crippen LogP contribution in [0.4, 0.5) is 45.6 Å². The first-order valence-corrected chi connectivity index (χ1v) is 14.4. The molecule has 246 valence electrons. The zero-order valence-electron chi connectivity index (χ0n) is 23.0. The number of hydrogen-bond acceptors (Lipinski definition) is 6. The van der Waals surface area contributed by atoms with Crippen molar-refractivity contribution in [1.29, 1.82) is 0 Å². The molecule has 10 nitrogen and oxygen atoms in total. The van der Waals surface area contributed by atoms with Crippen molar-refractivity contribution in [1.82, 2.24) is 15.5 Å². The summed E-state index contributed by atoms with van der Waals surface area (Å²) in [5.41, 5.74) is -9.50. The number of aliphatic hydroxyl groups is 1. The van der Waals surface area contributed by atoms with E-state index in [0.717, 1.165) is 31.2 Å². The number of amides is 4. The number of halogens is 8. The van der Waals surface area contributed by atoms with Gasteiger partial charge in [-0.3, -0.25) is 24.1 Å². The Kier molecular flexibility index (Phi) is 8.60. The van der Waals surface area contributed by atoms with Gasteiger partial charge in [-0.1, -0.05) is 12.1 Å². The minimum atomic E-state index is -6.20. The van der Waals surface area contributed by atoms with E-state index in [-0.39, 0.29) is 24.5 Å². The highest BCUT2D eigenvalue weighted by Gasteiger charge is 2.71. The summed E-state index contributed by atoms with van der Waals surface area (Å²) >= 11 is 0. The fourth-order valence-electron chi connectivity index (χ4n) is 5.15. The molecule has 2 aromatic rings. The van der Waals surface area contributed by atoms with Crippen LogP contribution in [0.25, 0.3) is 0 Å². The lowest BCUT2D eigenvalue weighted by Crippen LogP contribution is -2.55. The molecule has 2 aliphatic heterocycles. The Morgan fingerprint density at radius 2 is 1.67 bits per heavy atom. The minimum absolute atomic E-state index is 0.261. The van der Waals surface area contributed by atoms with E-state index in [1.807, 2.05) is 5.32 Å². The number of alkyl halides is 7. The largest absolute Gasteiger partial charge is 0.430 e. The van der Waals surface area contributed by atoms with Crippen molar-refractivity contribution in [3.8, 4) is 0 Å². The highest BCUT2D eigenvalue weighted by molar-refractivity contribution is 7.92. The highest BCUT2D eigenvalue weighted by Crippen LogP contribution is 2.51. The van der Waals surface area contributed by atoms with Gasteiger partial charge < -0.3 is 10.4 Å². The maximum absolute atomic E-state index is 13.8. The standard InChI is InChI=1S/C26H24F8N4O6S/c1-23(21(40)36-22(41)37(23)13-27)12-35-20(39)11-17-6-2-14-10-15(24(42,25(29,30)31)26(32,33)34)3-9-19(14)38(17)45(43,44)18-7-4-16(28)5-8-18/h3-5,7-10,17,42H,2,6,11-13H2,1H3,(H,35,39)(H,36,40,41)/t17-,23?/m0/s1.